The molecule has 6 fully saturated rings. The maximum Gasteiger partial charge on any atom is 0.205 e. The molecule has 5 aliphatic heterocycles. The molecule has 1 aromatic carbocycles. The van der Waals surface area contributed by atoms with Gasteiger partial charge < -0.3 is 18.9 Å². The van der Waals surface area contributed by atoms with Gasteiger partial charge in [-0.1, -0.05) is 26.0 Å². The summed E-state index contributed by atoms with van der Waals surface area (Å²) in [7, 11) is 0. The van der Waals surface area contributed by atoms with Gasteiger partial charge in [-0.3, -0.25) is 0 Å². The van der Waals surface area contributed by atoms with Crippen LogP contribution in [0.5, 0.6) is 5.75 Å². The summed E-state index contributed by atoms with van der Waals surface area (Å²) in [5.41, 5.74) is 0.561. The van der Waals surface area contributed by atoms with Crippen molar-refractivity contribution in [2.75, 3.05) is 6.61 Å². The van der Waals surface area contributed by atoms with Gasteiger partial charge in [-0.2, -0.15) is 0 Å². The number of ether oxygens (including phenoxy) is 4. The third-order valence-electron chi connectivity index (χ3n) is 7.87. The summed E-state index contributed by atoms with van der Waals surface area (Å²) in [5, 5.41) is 0. The van der Waals surface area contributed by atoms with Gasteiger partial charge in [0.1, 0.15) is 18.1 Å². The van der Waals surface area contributed by atoms with E-state index in [9.17, 15) is 0 Å². The van der Waals surface area contributed by atoms with Crippen molar-refractivity contribution in [3.63, 3.8) is 0 Å². The molecule has 1 spiro atoms. The summed E-state index contributed by atoms with van der Waals surface area (Å²) < 4.78 is 24.4. The van der Waals surface area contributed by atoms with Crippen molar-refractivity contribution >= 4 is 6.08 Å². The Kier molecular flexibility index (Phi) is 4.27. The Morgan fingerprint density at radius 2 is 1.83 bits per heavy atom. The van der Waals surface area contributed by atoms with Crippen LogP contribution in [0.25, 0.3) is 6.08 Å². The number of fused-ring (bicyclic) bond motifs is 2. The van der Waals surface area contributed by atoms with Crippen LogP contribution in [0.15, 0.2) is 30.0 Å². The predicted octanol–water partition coefficient (Wildman–Crippen LogP) is 4.64. The molecule has 6 heteroatoms. The van der Waals surface area contributed by atoms with Crippen LogP contribution in [0.2, 0.25) is 0 Å². The molecular formula is C24H30O6. The molecule has 0 unspecified atom stereocenters. The SMILES string of the molecule is C[C@H]1[C@@H](Oc2ccc(/C=C3\CO3)cc2)O[C@@H]2O[C@@]3(C)CC[C@H]4[C@H](C)CC[C@@H]1[C@@]24OO3. The molecule has 1 aromatic rings. The monoisotopic (exact) mass is 414 g/mol. The molecule has 8 atom stereocenters. The van der Waals surface area contributed by atoms with Crippen molar-refractivity contribution in [2.45, 2.75) is 70.4 Å². The Balaban J connectivity index is 1.28. The van der Waals surface area contributed by atoms with E-state index in [0.29, 0.717) is 11.8 Å². The lowest BCUT2D eigenvalue weighted by atomic mass is 9.58. The first-order valence-electron chi connectivity index (χ1n) is 11.3. The van der Waals surface area contributed by atoms with E-state index in [1.807, 2.05) is 37.3 Å². The molecule has 2 bridgehead atoms. The highest BCUT2D eigenvalue weighted by Crippen LogP contribution is 2.60. The van der Waals surface area contributed by atoms with Crippen LogP contribution < -0.4 is 4.74 Å². The topological polar surface area (TPSA) is 58.7 Å². The Hall–Kier alpha value is -1.60. The number of hydrogen-bond acceptors (Lipinski definition) is 6. The van der Waals surface area contributed by atoms with Crippen molar-refractivity contribution in [2.24, 2.45) is 23.7 Å². The number of epoxide rings is 1. The normalized spacial score (nSPS) is 47.9. The zero-order chi connectivity index (χ0) is 20.5. The van der Waals surface area contributed by atoms with Gasteiger partial charge in [-0.05, 0) is 61.8 Å². The van der Waals surface area contributed by atoms with E-state index in [1.54, 1.807) is 0 Å². The first-order valence-corrected chi connectivity index (χ1v) is 11.3. The van der Waals surface area contributed by atoms with Gasteiger partial charge in [0.25, 0.3) is 0 Å². The Labute approximate surface area is 177 Å². The third kappa shape index (κ3) is 2.92. The molecule has 6 aliphatic rings. The maximum atomic E-state index is 6.48. The van der Waals surface area contributed by atoms with Crippen LogP contribution in [0.3, 0.4) is 0 Å². The molecule has 1 saturated carbocycles. The summed E-state index contributed by atoms with van der Waals surface area (Å²) in [4.78, 5) is 12.1. The summed E-state index contributed by atoms with van der Waals surface area (Å²) in [6.07, 6.45) is 5.28. The van der Waals surface area contributed by atoms with Crippen LogP contribution in [0.4, 0.5) is 0 Å². The van der Waals surface area contributed by atoms with Gasteiger partial charge in [0.15, 0.2) is 11.9 Å². The first kappa shape index (κ1) is 19.1. The molecule has 7 rings (SSSR count). The first-order chi connectivity index (χ1) is 14.5. The zero-order valence-corrected chi connectivity index (χ0v) is 17.8. The van der Waals surface area contributed by atoms with E-state index < -0.39 is 17.7 Å². The van der Waals surface area contributed by atoms with Gasteiger partial charge in [-0.25, -0.2) is 9.78 Å². The van der Waals surface area contributed by atoms with Crippen LogP contribution in [0.1, 0.15) is 52.0 Å². The smallest absolute Gasteiger partial charge is 0.205 e. The predicted molar refractivity (Wildman–Crippen MR) is 108 cm³/mol. The van der Waals surface area contributed by atoms with Crippen molar-refractivity contribution in [3.8, 4) is 5.75 Å². The van der Waals surface area contributed by atoms with Crippen LogP contribution >= 0.6 is 0 Å². The standard InChI is InChI=1S/C24H30O6/c1-14-4-9-20-15(2)21(26-17-7-5-16(6-8-17)12-18-13-25-18)27-22-24(20)19(14)10-11-23(3,28-22)29-30-24/h5-8,12,14-15,19-22H,4,9-11,13H2,1-3H3/b18-12+/t14-,15-,19+,20+,21+,22-,23-,24-/m1/s1. The lowest BCUT2D eigenvalue weighted by Gasteiger charge is -2.60. The van der Waals surface area contributed by atoms with E-state index in [2.05, 4.69) is 13.8 Å². The minimum absolute atomic E-state index is 0.160. The molecule has 30 heavy (non-hydrogen) atoms. The van der Waals surface area contributed by atoms with Crippen molar-refractivity contribution in [3.05, 3.63) is 35.6 Å². The summed E-state index contributed by atoms with van der Waals surface area (Å²) >= 11 is 0. The Morgan fingerprint density at radius 3 is 2.60 bits per heavy atom. The Bertz CT molecular complexity index is 846. The van der Waals surface area contributed by atoms with Crippen LogP contribution in [-0.4, -0.2) is 30.6 Å². The van der Waals surface area contributed by atoms with E-state index in [1.165, 1.54) is 6.42 Å². The molecule has 162 valence electrons. The average Bonchev–Trinajstić information content (AvgIpc) is 3.56. The van der Waals surface area contributed by atoms with E-state index in [4.69, 9.17) is 28.7 Å². The molecule has 1 aliphatic carbocycles. The number of hydrogen-bond donors (Lipinski definition) is 0. The Morgan fingerprint density at radius 1 is 1.03 bits per heavy atom. The van der Waals surface area contributed by atoms with Crippen LogP contribution in [0, 0.1) is 23.7 Å². The lowest BCUT2D eigenvalue weighted by molar-refractivity contribution is -0.575. The minimum atomic E-state index is -0.761. The van der Waals surface area contributed by atoms with Gasteiger partial charge in [0, 0.05) is 18.3 Å². The third-order valence-corrected chi connectivity index (χ3v) is 7.87. The van der Waals surface area contributed by atoms with Crippen LogP contribution in [-0.2, 0) is 24.0 Å². The van der Waals surface area contributed by atoms with E-state index in [0.717, 1.165) is 42.9 Å². The van der Waals surface area contributed by atoms with E-state index in [-0.39, 0.29) is 18.1 Å². The second-order valence-corrected chi connectivity index (χ2v) is 9.86. The summed E-state index contributed by atoms with van der Waals surface area (Å²) in [5.74, 6) is 2.41. The van der Waals surface area contributed by atoms with Gasteiger partial charge in [-0.15, -0.1) is 0 Å². The highest BCUT2D eigenvalue weighted by atomic mass is 17.3. The van der Waals surface area contributed by atoms with Gasteiger partial charge in [0.05, 0.1) is 0 Å². The minimum Gasteiger partial charge on any atom is -0.486 e. The second kappa shape index (κ2) is 6.70. The second-order valence-electron chi connectivity index (χ2n) is 9.86. The fourth-order valence-corrected chi connectivity index (χ4v) is 6.09. The molecule has 5 saturated heterocycles. The number of benzene rings is 1. The fourth-order valence-electron chi connectivity index (χ4n) is 6.09. The molecule has 0 aromatic heterocycles. The molecule has 0 amide bonds. The summed E-state index contributed by atoms with van der Waals surface area (Å²) in [6.45, 7) is 7.22. The quantitative estimate of drug-likeness (QED) is 0.530. The highest BCUT2D eigenvalue weighted by molar-refractivity contribution is 5.54. The molecular weight excluding hydrogens is 384 g/mol. The maximum absolute atomic E-state index is 6.48. The zero-order valence-electron chi connectivity index (χ0n) is 17.8. The summed E-state index contributed by atoms with van der Waals surface area (Å²) in [6, 6.07) is 8.06. The van der Waals surface area contributed by atoms with Gasteiger partial charge >= 0.3 is 0 Å². The van der Waals surface area contributed by atoms with E-state index >= 15 is 0 Å². The highest BCUT2D eigenvalue weighted by Gasteiger charge is 2.69. The fraction of sp³-hybridized carbons (Fsp3) is 0.667. The average molecular weight is 414 g/mol. The number of rotatable bonds is 3. The largest absolute Gasteiger partial charge is 0.486 e. The molecule has 5 heterocycles. The van der Waals surface area contributed by atoms with Crippen molar-refractivity contribution in [1.82, 2.24) is 0 Å². The molecule has 6 nitrogen and oxygen atoms in total. The van der Waals surface area contributed by atoms with Crippen molar-refractivity contribution in [1.29, 1.82) is 0 Å². The lowest BCUT2D eigenvalue weighted by Crippen LogP contribution is -2.70. The molecule has 0 N–H and O–H groups in total. The van der Waals surface area contributed by atoms with Gasteiger partial charge in [0.2, 0.25) is 12.1 Å². The van der Waals surface area contributed by atoms with Crippen molar-refractivity contribution < 1.29 is 28.7 Å². The molecule has 0 radical (unpaired) electrons.